The highest BCUT2D eigenvalue weighted by Crippen LogP contribution is 2.33. The lowest BCUT2D eigenvalue weighted by atomic mass is 9.93. The van der Waals surface area contributed by atoms with E-state index in [9.17, 15) is 8.78 Å². The second-order valence-electron chi connectivity index (χ2n) is 6.25. The molecule has 0 radical (unpaired) electrons. The van der Waals surface area contributed by atoms with Crippen LogP contribution in [0.15, 0.2) is 24.4 Å². The molecule has 0 amide bonds. The molecule has 2 aromatic rings. The van der Waals surface area contributed by atoms with E-state index in [2.05, 4.69) is 15.1 Å². The van der Waals surface area contributed by atoms with Crippen LogP contribution in [0.4, 0.5) is 8.78 Å². The van der Waals surface area contributed by atoms with Gasteiger partial charge in [0.15, 0.2) is 0 Å². The summed E-state index contributed by atoms with van der Waals surface area (Å²) < 4.78 is 32.8. The Labute approximate surface area is 132 Å². The zero-order chi connectivity index (χ0) is 16.0. The molecule has 0 aliphatic carbocycles. The maximum absolute atomic E-state index is 13.9. The van der Waals surface area contributed by atoms with Crippen molar-refractivity contribution in [2.75, 3.05) is 6.61 Å². The van der Waals surface area contributed by atoms with Gasteiger partial charge >= 0.3 is 0 Å². The molecule has 1 aromatic carbocycles. The van der Waals surface area contributed by atoms with Gasteiger partial charge in [0.05, 0.1) is 18.5 Å². The molecule has 5 nitrogen and oxygen atoms in total. The number of ether oxygens (including phenoxy) is 1. The molecule has 1 aromatic heterocycles. The molecular formula is C16H18F2N4O. The number of benzene rings is 1. The number of nitrogens with zero attached hydrogens (tertiary/aromatic N) is 2. The molecule has 3 atom stereocenters. The van der Waals surface area contributed by atoms with E-state index in [-0.39, 0.29) is 12.1 Å². The number of nitrogens with one attached hydrogen (secondary N) is 1. The van der Waals surface area contributed by atoms with Gasteiger partial charge in [-0.1, -0.05) is 6.07 Å². The fraction of sp³-hybridized carbons (Fsp3) is 0.438. The number of aromatic amines is 1. The predicted octanol–water partition coefficient (Wildman–Crippen LogP) is 1.86. The Morgan fingerprint density at radius 1 is 1.30 bits per heavy atom. The summed E-state index contributed by atoms with van der Waals surface area (Å²) in [5, 5.41) is 7.02. The number of fused-ring (bicyclic) bond motifs is 1. The van der Waals surface area contributed by atoms with Crippen molar-refractivity contribution >= 4 is 0 Å². The summed E-state index contributed by atoms with van der Waals surface area (Å²) in [4.78, 5) is 2.29. The maximum Gasteiger partial charge on any atom is 0.131 e. The summed E-state index contributed by atoms with van der Waals surface area (Å²) in [6, 6.07) is 3.39. The first kappa shape index (κ1) is 14.7. The van der Waals surface area contributed by atoms with Crippen molar-refractivity contribution in [2.45, 2.75) is 37.7 Å². The third-order valence-corrected chi connectivity index (χ3v) is 4.73. The van der Waals surface area contributed by atoms with Gasteiger partial charge in [0.1, 0.15) is 17.7 Å². The van der Waals surface area contributed by atoms with Crippen LogP contribution >= 0.6 is 0 Å². The predicted molar refractivity (Wildman–Crippen MR) is 79.3 cm³/mol. The zero-order valence-electron chi connectivity index (χ0n) is 12.5. The molecule has 2 aliphatic rings. The Hall–Kier alpha value is -1.83. The summed E-state index contributed by atoms with van der Waals surface area (Å²) >= 11 is 0. The number of aromatic nitrogens is 2. The molecule has 0 bridgehead atoms. The van der Waals surface area contributed by atoms with E-state index in [4.69, 9.17) is 10.5 Å². The zero-order valence-corrected chi connectivity index (χ0v) is 12.5. The number of rotatable bonds is 2. The molecule has 1 fully saturated rings. The Bertz CT molecular complexity index is 699. The Morgan fingerprint density at radius 3 is 2.91 bits per heavy atom. The highest BCUT2D eigenvalue weighted by molar-refractivity contribution is 5.24. The summed E-state index contributed by atoms with van der Waals surface area (Å²) in [5.41, 5.74) is 8.88. The second-order valence-corrected chi connectivity index (χ2v) is 6.25. The molecular weight excluding hydrogens is 302 g/mol. The van der Waals surface area contributed by atoms with Crippen LogP contribution in [-0.2, 0) is 17.8 Å². The lowest BCUT2D eigenvalue weighted by Gasteiger charge is -2.38. The van der Waals surface area contributed by atoms with Gasteiger partial charge in [-0.3, -0.25) is 10.00 Å². The number of hydrogen-bond donors (Lipinski definition) is 2. The van der Waals surface area contributed by atoms with E-state index in [0.29, 0.717) is 18.6 Å². The SMILES string of the molecule is N[C@H]1C[C@@H](N2Cc3cn[nH]c3C2)CO[C@@H]1c1ccc(F)cc1F. The standard InChI is InChI=1S/C16H18F2N4O/c17-10-1-2-12(13(18)3-10)16-14(19)4-11(8-23-16)22-6-9-5-20-21-15(9)7-22/h1-3,5,11,14,16H,4,6-8,19H2,(H,20,21)/t11-,14+,16-/m1/s1. The van der Waals surface area contributed by atoms with Crippen LogP contribution in [-0.4, -0.2) is 33.8 Å². The lowest BCUT2D eigenvalue weighted by molar-refractivity contribution is -0.0532. The lowest BCUT2D eigenvalue weighted by Crippen LogP contribution is -2.47. The minimum Gasteiger partial charge on any atom is -0.370 e. The molecule has 4 rings (SSSR count). The monoisotopic (exact) mass is 320 g/mol. The molecule has 122 valence electrons. The minimum atomic E-state index is -0.605. The van der Waals surface area contributed by atoms with Crippen LogP contribution in [0, 0.1) is 11.6 Å². The molecule has 3 N–H and O–H groups in total. The molecule has 2 aliphatic heterocycles. The molecule has 0 saturated carbocycles. The maximum atomic E-state index is 13.9. The first-order valence-electron chi connectivity index (χ1n) is 7.69. The van der Waals surface area contributed by atoms with E-state index < -0.39 is 17.7 Å². The van der Waals surface area contributed by atoms with Gasteiger partial charge in [-0.15, -0.1) is 0 Å². The van der Waals surface area contributed by atoms with Crippen molar-refractivity contribution < 1.29 is 13.5 Å². The molecule has 23 heavy (non-hydrogen) atoms. The van der Waals surface area contributed by atoms with Crippen LogP contribution in [0.25, 0.3) is 0 Å². The summed E-state index contributed by atoms with van der Waals surface area (Å²) in [6.07, 6.45) is 2.02. The van der Waals surface area contributed by atoms with Crippen molar-refractivity contribution in [3.05, 3.63) is 52.9 Å². The molecule has 1 saturated heterocycles. The Morgan fingerprint density at radius 2 is 2.17 bits per heavy atom. The quantitative estimate of drug-likeness (QED) is 0.886. The van der Waals surface area contributed by atoms with Gasteiger partial charge in [-0.05, 0) is 12.5 Å². The third kappa shape index (κ3) is 2.65. The van der Waals surface area contributed by atoms with Crippen LogP contribution in [0.1, 0.15) is 29.3 Å². The van der Waals surface area contributed by atoms with Gasteiger partial charge in [-0.25, -0.2) is 8.78 Å². The second kappa shape index (κ2) is 5.67. The first-order valence-corrected chi connectivity index (χ1v) is 7.69. The number of H-pyrrole nitrogens is 1. The Kier molecular flexibility index (Phi) is 3.63. The normalized spacial score (nSPS) is 28.0. The molecule has 3 heterocycles. The number of halogens is 2. The first-order chi connectivity index (χ1) is 11.1. The van der Waals surface area contributed by atoms with Gasteiger partial charge in [0.2, 0.25) is 0 Å². The van der Waals surface area contributed by atoms with Crippen LogP contribution in [0.5, 0.6) is 0 Å². The summed E-state index contributed by atoms with van der Waals surface area (Å²) in [7, 11) is 0. The van der Waals surface area contributed by atoms with E-state index in [1.54, 1.807) is 0 Å². The van der Waals surface area contributed by atoms with E-state index in [1.807, 2.05) is 6.20 Å². The fourth-order valence-corrected chi connectivity index (χ4v) is 3.50. The van der Waals surface area contributed by atoms with Gasteiger partial charge in [0.25, 0.3) is 0 Å². The molecule has 0 spiro atoms. The van der Waals surface area contributed by atoms with E-state index in [0.717, 1.165) is 24.8 Å². The average Bonchev–Trinajstić information content (AvgIpc) is 3.09. The van der Waals surface area contributed by atoms with E-state index >= 15 is 0 Å². The average molecular weight is 320 g/mol. The van der Waals surface area contributed by atoms with Crippen molar-refractivity contribution in [1.82, 2.24) is 15.1 Å². The summed E-state index contributed by atoms with van der Waals surface area (Å²) in [6.45, 7) is 2.10. The van der Waals surface area contributed by atoms with Crippen LogP contribution in [0.2, 0.25) is 0 Å². The fourth-order valence-electron chi connectivity index (χ4n) is 3.50. The van der Waals surface area contributed by atoms with Gasteiger partial charge < -0.3 is 10.5 Å². The van der Waals surface area contributed by atoms with Crippen LogP contribution < -0.4 is 5.73 Å². The van der Waals surface area contributed by atoms with Crippen molar-refractivity contribution in [1.29, 1.82) is 0 Å². The van der Waals surface area contributed by atoms with Gasteiger partial charge in [-0.2, -0.15) is 5.10 Å². The van der Waals surface area contributed by atoms with Crippen LogP contribution in [0.3, 0.4) is 0 Å². The van der Waals surface area contributed by atoms with Crippen molar-refractivity contribution in [3.63, 3.8) is 0 Å². The minimum absolute atomic E-state index is 0.186. The number of hydrogen-bond acceptors (Lipinski definition) is 4. The molecule has 0 unspecified atom stereocenters. The van der Waals surface area contributed by atoms with E-state index in [1.165, 1.54) is 17.7 Å². The van der Waals surface area contributed by atoms with Gasteiger partial charge in [0, 0.05) is 42.4 Å². The largest absolute Gasteiger partial charge is 0.370 e. The van der Waals surface area contributed by atoms with Crippen molar-refractivity contribution in [3.8, 4) is 0 Å². The Balaban J connectivity index is 1.45. The highest BCUT2D eigenvalue weighted by atomic mass is 19.1. The van der Waals surface area contributed by atoms with Crippen molar-refractivity contribution in [2.24, 2.45) is 5.73 Å². The highest BCUT2D eigenvalue weighted by Gasteiger charge is 2.36. The summed E-state index contributed by atoms with van der Waals surface area (Å²) in [5.74, 6) is -1.20. The number of nitrogens with two attached hydrogens (primary N) is 1. The molecule has 7 heteroatoms. The third-order valence-electron chi connectivity index (χ3n) is 4.73. The topological polar surface area (TPSA) is 67.2 Å². The smallest absolute Gasteiger partial charge is 0.131 e.